The van der Waals surface area contributed by atoms with E-state index < -0.39 is 0 Å². The lowest BCUT2D eigenvalue weighted by Crippen LogP contribution is -2.11. The van der Waals surface area contributed by atoms with E-state index in [4.69, 9.17) is 0 Å². The summed E-state index contributed by atoms with van der Waals surface area (Å²) in [5.41, 5.74) is 13.0. The van der Waals surface area contributed by atoms with Crippen molar-refractivity contribution in [3.8, 4) is 44.5 Å². The van der Waals surface area contributed by atoms with Crippen molar-refractivity contribution in [1.29, 1.82) is 0 Å². The summed E-state index contributed by atoms with van der Waals surface area (Å²) in [6.07, 6.45) is 0. The smallest absolute Gasteiger partial charge is 0.0547 e. The fourth-order valence-corrected chi connectivity index (χ4v) is 8.93. The van der Waals surface area contributed by atoms with Gasteiger partial charge in [0.15, 0.2) is 0 Å². The highest BCUT2D eigenvalue weighted by molar-refractivity contribution is 7.26. The maximum atomic E-state index is 2.45. The van der Waals surface area contributed by atoms with Crippen LogP contribution in [0.3, 0.4) is 0 Å². The summed E-state index contributed by atoms with van der Waals surface area (Å²) in [6.45, 7) is 0. The number of hydrogen-bond donors (Lipinski definition) is 0. The zero-order chi connectivity index (χ0) is 35.8. The lowest BCUT2D eigenvalue weighted by Gasteiger charge is -2.29. The van der Waals surface area contributed by atoms with Crippen molar-refractivity contribution in [2.24, 2.45) is 0 Å². The molecule has 2 heteroatoms. The molecule has 254 valence electrons. The van der Waals surface area contributed by atoms with Gasteiger partial charge in [-0.25, -0.2) is 0 Å². The van der Waals surface area contributed by atoms with Crippen LogP contribution in [0.2, 0.25) is 0 Å². The Kier molecular flexibility index (Phi) is 8.09. The van der Waals surface area contributed by atoms with Gasteiger partial charge in [0.1, 0.15) is 0 Å². The Hall–Kier alpha value is -6.74. The van der Waals surface area contributed by atoms with Crippen LogP contribution in [-0.2, 0) is 0 Å². The fraction of sp³-hybridized carbons (Fsp3) is 0. The summed E-state index contributed by atoms with van der Waals surface area (Å²) in [6, 6.07) is 77.2. The van der Waals surface area contributed by atoms with E-state index in [2.05, 4.69) is 217 Å². The average Bonchev–Trinajstić information content (AvgIpc) is 3.63. The van der Waals surface area contributed by atoms with Crippen LogP contribution in [0.5, 0.6) is 0 Å². The Morgan fingerprint density at radius 1 is 0.315 bits per heavy atom. The van der Waals surface area contributed by atoms with Gasteiger partial charge in [-0.3, -0.25) is 0 Å². The van der Waals surface area contributed by atoms with E-state index in [1.165, 1.54) is 75.5 Å². The maximum absolute atomic E-state index is 2.45. The predicted octanol–water partition coefficient (Wildman–Crippen LogP) is 15.3. The van der Waals surface area contributed by atoms with Gasteiger partial charge < -0.3 is 4.90 Å². The minimum atomic E-state index is 1.11. The summed E-state index contributed by atoms with van der Waals surface area (Å²) in [4.78, 5) is 2.45. The topological polar surface area (TPSA) is 3.24 Å². The molecule has 0 N–H and O–H groups in total. The van der Waals surface area contributed by atoms with E-state index in [1.54, 1.807) is 0 Å². The van der Waals surface area contributed by atoms with Gasteiger partial charge in [-0.1, -0.05) is 158 Å². The Morgan fingerprint density at radius 3 is 1.56 bits per heavy atom. The number of fused-ring (bicyclic) bond motifs is 4. The minimum absolute atomic E-state index is 1.11. The molecular weight excluding hydrogens is 671 g/mol. The standard InChI is InChI=1S/C52H35NS/c1-4-13-36(14-5-1)39-25-28-45(29-26-39)53(46-30-27-42-33-41(23-24-43(42)35-46)38-17-8-3-9-18-38)48-31-32-50-52(47-21-10-11-22-49(47)54-50)51(48)44-20-12-19-40(34-44)37-15-6-2-7-16-37/h1-35H. The Labute approximate surface area is 319 Å². The molecule has 0 saturated heterocycles. The van der Waals surface area contributed by atoms with Crippen molar-refractivity contribution < 1.29 is 0 Å². The first-order chi connectivity index (χ1) is 26.8. The van der Waals surface area contributed by atoms with Crippen molar-refractivity contribution in [3.05, 3.63) is 212 Å². The second-order valence-electron chi connectivity index (χ2n) is 13.7. The molecule has 1 heterocycles. The van der Waals surface area contributed by atoms with Gasteiger partial charge >= 0.3 is 0 Å². The van der Waals surface area contributed by atoms with Crippen LogP contribution in [0.25, 0.3) is 75.5 Å². The molecule has 0 amide bonds. The van der Waals surface area contributed by atoms with Gasteiger partial charge in [-0.05, 0) is 104 Å². The Bertz CT molecular complexity index is 2910. The van der Waals surface area contributed by atoms with E-state index >= 15 is 0 Å². The fourth-order valence-electron chi connectivity index (χ4n) is 7.81. The van der Waals surface area contributed by atoms with E-state index in [0.717, 1.165) is 17.1 Å². The number of benzene rings is 9. The molecule has 0 radical (unpaired) electrons. The van der Waals surface area contributed by atoms with E-state index in [0.29, 0.717) is 0 Å². The third-order valence-corrected chi connectivity index (χ3v) is 11.6. The summed E-state index contributed by atoms with van der Waals surface area (Å²) in [7, 11) is 0. The van der Waals surface area contributed by atoms with E-state index in [9.17, 15) is 0 Å². The Balaban J connectivity index is 1.22. The SMILES string of the molecule is c1ccc(-c2ccc(N(c3ccc4cc(-c5ccccc5)ccc4c3)c3ccc4sc5ccccc5c4c3-c3cccc(-c4ccccc4)c3)cc2)cc1. The highest BCUT2D eigenvalue weighted by Crippen LogP contribution is 2.49. The van der Waals surface area contributed by atoms with Crippen LogP contribution in [0.4, 0.5) is 17.1 Å². The largest absolute Gasteiger partial charge is 0.310 e. The summed E-state index contributed by atoms with van der Waals surface area (Å²) in [5.74, 6) is 0. The molecule has 0 aliphatic carbocycles. The lowest BCUT2D eigenvalue weighted by molar-refractivity contribution is 1.29. The molecule has 0 fully saturated rings. The zero-order valence-electron chi connectivity index (χ0n) is 29.6. The molecule has 0 atom stereocenters. The number of hydrogen-bond acceptors (Lipinski definition) is 2. The van der Waals surface area contributed by atoms with Gasteiger partial charge in [-0.2, -0.15) is 0 Å². The van der Waals surface area contributed by atoms with Crippen LogP contribution in [0.15, 0.2) is 212 Å². The van der Waals surface area contributed by atoms with Crippen molar-refractivity contribution in [3.63, 3.8) is 0 Å². The molecule has 1 aromatic heterocycles. The summed E-state index contributed by atoms with van der Waals surface area (Å²) in [5, 5.41) is 4.99. The average molecular weight is 706 g/mol. The number of rotatable bonds is 7. The van der Waals surface area contributed by atoms with Gasteiger partial charge in [0.05, 0.1) is 5.69 Å². The summed E-state index contributed by atoms with van der Waals surface area (Å²) < 4.78 is 2.58. The van der Waals surface area contributed by atoms with Gasteiger partial charge in [0.2, 0.25) is 0 Å². The predicted molar refractivity (Wildman–Crippen MR) is 233 cm³/mol. The van der Waals surface area contributed by atoms with Crippen LogP contribution in [0.1, 0.15) is 0 Å². The first kappa shape index (κ1) is 32.0. The highest BCUT2D eigenvalue weighted by Gasteiger charge is 2.22. The molecule has 0 aliphatic heterocycles. The monoisotopic (exact) mass is 705 g/mol. The van der Waals surface area contributed by atoms with Crippen LogP contribution >= 0.6 is 11.3 Å². The third kappa shape index (κ3) is 5.84. The molecule has 0 bridgehead atoms. The van der Waals surface area contributed by atoms with Crippen molar-refractivity contribution in [1.82, 2.24) is 0 Å². The van der Waals surface area contributed by atoms with Crippen LogP contribution < -0.4 is 4.90 Å². The second kappa shape index (κ2) is 13.7. The van der Waals surface area contributed by atoms with Crippen molar-refractivity contribution >= 4 is 59.3 Å². The third-order valence-electron chi connectivity index (χ3n) is 10.4. The molecule has 10 aromatic rings. The first-order valence-electron chi connectivity index (χ1n) is 18.4. The molecular formula is C52H35NS. The quantitative estimate of drug-likeness (QED) is 0.160. The first-order valence-corrected chi connectivity index (χ1v) is 19.2. The molecule has 9 aromatic carbocycles. The maximum Gasteiger partial charge on any atom is 0.0547 e. The van der Waals surface area contributed by atoms with Gasteiger partial charge in [0, 0.05) is 37.1 Å². The minimum Gasteiger partial charge on any atom is -0.310 e. The molecule has 0 unspecified atom stereocenters. The van der Waals surface area contributed by atoms with Crippen LogP contribution in [-0.4, -0.2) is 0 Å². The van der Waals surface area contributed by atoms with Gasteiger partial charge in [-0.15, -0.1) is 11.3 Å². The van der Waals surface area contributed by atoms with Crippen molar-refractivity contribution in [2.45, 2.75) is 0 Å². The lowest BCUT2D eigenvalue weighted by atomic mass is 9.93. The number of anilines is 3. The molecule has 0 spiro atoms. The van der Waals surface area contributed by atoms with E-state index in [-0.39, 0.29) is 0 Å². The normalized spacial score (nSPS) is 11.3. The summed E-state index contributed by atoms with van der Waals surface area (Å²) >= 11 is 1.87. The molecule has 0 aliphatic rings. The highest BCUT2D eigenvalue weighted by atomic mass is 32.1. The number of thiophene rings is 1. The zero-order valence-corrected chi connectivity index (χ0v) is 30.4. The molecule has 0 saturated carbocycles. The molecule has 54 heavy (non-hydrogen) atoms. The van der Waals surface area contributed by atoms with E-state index in [1.807, 2.05) is 11.3 Å². The van der Waals surface area contributed by atoms with Gasteiger partial charge in [0.25, 0.3) is 0 Å². The number of nitrogens with zero attached hydrogens (tertiary/aromatic N) is 1. The molecule has 1 nitrogen and oxygen atoms in total. The van der Waals surface area contributed by atoms with Crippen LogP contribution in [0, 0.1) is 0 Å². The second-order valence-corrected chi connectivity index (χ2v) is 14.8. The molecule has 10 rings (SSSR count). The Morgan fingerprint density at radius 2 is 0.833 bits per heavy atom. The van der Waals surface area contributed by atoms with Crippen molar-refractivity contribution in [2.75, 3.05) is 4.90 Å².